The van der Waals surface area contributed by atoms with Crippen LogP contribution in [0.4, 0.5) is 0 Å². The van der Waals surface area contributed by atoms with Gasteiger partial charge in [0.25, 0.3) is 23.6 Å². The number of hydrogen-bond acceptors (Lipinski definition) is 12. The minimum atomic E-state index is -0.0462. The molecule has 4 N–H and O–H groups in total. The number of amides is 4. The normalized spacial score (nSPS) is 10.6. The molecule has 0 aliphatic heterocycles. The van der Waals surface area contributed by atoms with Crippen molar-refractivity contribution in [2.24, 2.45) is 0 Å². The van der Waals surface area contributed by atoms with Crippen LogP contribution in [-0.4, -0.2) is 70.7 Å². The van der Waals surface area contributed by atoms with E-state index < -0.39 is 0 Å². The molecule has 4 amide bonds. The van der Waals surface area contributed by atoms with Gasteiger partial charge in [0.1, 0.15) is 19.3 Å². The van der Waals surface area contributed by atoms with Crippen molar-refractivity contribution in [1.29, 1.82) is 0 Å². The van der Waals surface area contributed by atoms with Gasteiger partial charge in [0.15, 0.2) is 0 Å². The summed E-state index contributed by atoms with van der Waals surface area (Å²) in [6.45, 7) is 21.2. The fourth-order valence-electron chi connectivity index (χ4n) is 6.51. The second kappa shape index (κ2) is 20.9. The fraction of sp³-hybridized carbons (Fsp3) is 0.304. The average molecular weight is 909 g/mol. The van der Waals surface area contributed by atoms with Crippen LogP contribution in [-0.2, 0) is 0 Å². The molecule has 0 bridgehead atoms. The molecule has 0 aliphatic carbocycles. The Morgan fingerprint density at radius 3 is 0.839 bits per heavy atom. The van der Waals surface area contributed by atoms with Gasteiger partial charge in [0.2, 0.25) is 0 Å². The molecule has 0 aliphatic rings. The maximum Gasteiger partial charge on any atom is 0.261 e. The third-order valence-electron chi connectivity index (χ3n) is 9.39. The molecule has 8 rings (SSSR count). The minimum Gasteiger partial charge on any atom is -0.354 e. The molecule has 8 aromatic heterocycles. The standard InChI is InChI=1S/2C12H14N2OS.2C11H12N2OS/c2*1-4-13-11(15)10-6-9-7(2)5-8(3)14-12(9)16-10;2*1-6-4-7(2)13-11-8(6)5-9(15-11)10(14)12-3/h2*5-6H,4H2,1-3H3,(H,13,15);2*4-5H,1-3H3,(H,12,14). The molecule has 0 aromatic carbocycles. The molecule has 8 heterocycles. The van der Waals surface area contributed by atoms with E-state index in [2.05, 4.69) is 41.2 Å². The van der Waals surface area contributed by atoms with Crippen LogP contribution >= 0.6 is 45.3 Å². The largest absolute Gasteiger partial charge is 0.354 e. The first-order valence-corrected chi connectivity index (χ1v) is 23.2. The molecule has 12 nitrogen and oxygen atoms in total. The van der Waals surface area contributed by atoms with Crippen molar-refractivity contribution in [3.63, 3.8) is 0 Å². The number of pyridine rings is 4. The molecular formula is C46H52N8O4S4. The van der Waals surface area contributed by atoms with Gasteiger partial charge in [0, 0.05) is 71.5 Å². The highest BCUT2D eigenvalue weighted by Crippen LogP contribution is 2.30. The first kappa shape index (κ1) is 47.4. The summed E-state index contributed by atoms with van der Waals surface area (Å²) in [5.41, 5.74) is 8.66. The molecule has 0 radical (unpaired) electrons. The third kappa shape index (κ3) is 11.4. The van der Waals surface area contributed by atoms with Crippen LogP contribution in [0.2, 0.25) is 0 Å². The molecule has 8 aromatic rings. The first-order chi connectivity index (χ1) is 29.5. The maximum absolute atomic E-state index is 11.7. The Kier molecular flexibility index (Phi) is 16.0. The second-order valence-electron chi connectivity index (χ2n) is 14.5. The predicted octanol–water partition coefficient (Wildman–Crippen LogP) is 9.87. The lowest BCUT2D eigenvalue weighted by Crippen LogP contribution is -2.21. The van der Waals surface area contributed by atoms with E-state index in [0.29, 0.717) is 22.8 Å². The number of aromatic nitrogens is 4. The van der Waals surface area contributed by atoms with E-state index in [-0.39, 0.29) is 23.6 Å². The van der Waals surface area contributed by atoms with Gasteiger partial charge in [0.05, 0.1) is 19.5 Å². The van der Waals surface area contributed by atoms with Crippen molar-refractivity contribution in [2.75, 3.05) is 27.2 Å². The van der Waals surface area contributed by atoms with Crippen LogP contribution in [0, 0.1) is 55.4 Å². The Morgan fingerprint density at radius 2 is 0.629 bits per heavy atom. The predicted molar refractivity (Wildman–Crippen MR) is 259 cm³/mol. The Balaban J connectivity index is 0.000000156. The van der Waals surface area contributed by atoms with Gasteiger partial charge < -0.3 is 21.3 Å². The van der Waals surface area contributed by atoms with Gasteiger partial charge in [-0.25, -0.2) is 19.9 Å². The number of fused-ring (bicyclic) bond motifs is 4. The molecule has 0 atom stereocenters. The second-order valence-corrected chi connectivity index (χ2v) is 18.6. The maximum atomic E-state index is 11.7. The quantitative estimate of drug-likeness (QED) is 0.128. The van der Waals surface area contributed by atoms with Crippen LogP contribution in [0.15, 0.2) is 48.5 Å². The number of thiophene rings is 4. The summed E-state index contributed by atoms with van der Waals surface area (Å²) in [5, 5.41) is 15.1. The van der Waals surface area contributed by atoms with Crippen molar-refractivity contribution < 1.29 is 19.2 Å². The molecule has 0 unspecified atom stereocenters. The van der Waals surface area contributed by atoms with Gasteiger partial charge in [-0.3, -0.25) is 19.2 Å². The number of carbonyl (C=O) groups excluding carboxylic acids is 4. The summed E-state index contributed by atoms with van der Waals surface area (Å²) in [6.07, 6.45) is 0. The van der Waals surface area contributed by atoms with Crippen molar-refractivity contribution in [3.05, 3.63) is 113 Å². The summed E-state index contributed by atoms with van der Waals surface area (Å²) in [4.78, 5) is 70.6. The molecular weight excluding hydrogens is 857 g/mol. The number of hydrogen-bond donors (Lipinski definition) is 4. The van der Waals surface area contributed by atoms with Gasteiger partial charge in [-0.05, 0) is 140 Å². The monoisotopic (exact) mass is 908 g/mol. The average Bonchev–Trinajstić information content (AvgIpc) is 4.03. The first-order valence-electron chi connectivity index (χ1n) is 20.0. The van der Waals surface area contributed by atoms with Crippen molar-refractivity contribution in [2.45, 2.75) is 69.2 Å². The van der Waals surface area contributed by atoms with Crippen LogP contribution in [0.1, 0.15) is 97.6 Å². The summed E-state index contributed by atoms with van der Waals surface area (Å²) >= 11 is 5.77. The molecule has 0 fully saturated rings. The lowest BCUT2D eigenvalue weighted by Gasteiger charge is -1.96. The zero-order chi connectivity index (χ0) is 45.4. The Morgan fingerprint density at radius 1 is 0.403 bits per heavy atom. The fourth-order valence-corrected chi connectivity index (χ4v) is 10.8. The minimum absolute atomic E-state index is 0.0115. The van der Waals surface area contributed by atoms with E-state index in [1.165, 1.54) is 67.6 Å². The lowest BCUT2D eigenvalue weighted by molar-refractivity contribution is 0.0951. The van der Waals surface area contributed by atoms with Crippen LogP contribution in [0.3, 0.4) is 0 Å². The van der Waals surface area contributed by atoms with E-state index in [4.69, 9.17) is 0 Å². The molecule has 16 heteroatoms. The highest BCUT2D eigenvalue weighted by atomic mass is 32.1. The third-order valence-corrected chi connectivity index (χ3v) is 13.5. The zero-order valence-corrected chi connectivity index (χ0v) is 40.4. The topological polar surface area (TPSA) is 168 Å². The van der Waals surface area contributed by atoms with Gasteiger partial charge >= 0.3 is 0 Å². The van der Waals surface area contributed by atoms with Gasteiger partial charge in [-0.1, -0.05) is 0 Å². The van der Waals surface area contributed by atoms with Crippen molar-refractivity contribution >= 4 is 110 Å². The molecule has 0 spiro atoms. The smallest absolute Gasteiger partial charge is 0.261 e. The summed E-state index contributed by atoms with van der Waals surface area (Å²) in [6, 6.07) is 15.8. The molecule has 324 valence electrons. The number of rotatable bonds is 6. The summed E-state index contributed by atoms with van der Waals surface area (Å²) < 4.78 is 0. The van der Waals surface area contributed by atoms with Crippen LogP contribution in [0.25, 0.3) is 40.9 Å². The number of aryl methyl sites for hydroxylation is 8. The van der Waals surface area contributed by atoms with Crippen molar-refractivity contribution in [1.82, 2.24) is 41.2 Å². The van der Waals surface area contributed by atoms with E-state index in [1.54, 1.807) is 14.1 Å². The molecule has 0 saturated heterocycles. The summed E-state index contributed by atoms with van der Waals surface area (Å²) in [7, 11) is 3.27. The number of carbonyl (C=O) groups is 4. The number of nitrogens with one attached hydrogen (secondary N) is 4. The Bertz CT molecular complexity index is 2750. The van der Waals surface area contributed by atoms with E-state index in [0.717, 1.165) is 73.4 Å². The number of nitrogens with zero attached hydrogens (tertiary/aromatic N) is 4. The SMILES string of the molecule is CCNC(=O)c1cc2c(C)cc(C)nc2s1.CCNC(=O)c1cc2c(C)cc(C)nc2s1.CNC(=O)c1cc2c(C)cc(C)nc2s1.CNC(=O)c1cc2c(C)cc(C)nc2s1. The van der Waals surface area contributed by atoms with Gasteiger partial charge in [-0.2, -0.15) is 0 Å². The highest BCUT2D eigenvalue weighted by Gasteiger charge is 2.15. The Labute approximate surface area is 377 Å². The molecule has 0 saturated carbocycles. The van der Waals surface area contributed by atoms with E-state index in [9.17, 15) is 19.2 Å². The lowest BCUT2D eigenvalue weighted by atomic mass is 10.2. The van der Waals surface area contributed by atoms with Crippen molar-refractivity contribution in [3.8, 4) is 0 Å². The summed E-state index contributed by atoms with van der Waals surface area (Å²) in [5.74, 6) is -0.116. The van der Waals surface area contributed by atoms with E-state index in [1.807, 2.05) is 118 Å². The highest BCUT2D eigenvalue weighted by molar-refractivity contribution is 7.21. The van der Waals surface area contributed by atoms with Crippen LogP contribution in [0.5, 0.6) is 0 Å². The van der Waals surface area contributed by atoms with Gasteiger partial charge in [-0.15, -0.1) is 45.3 Å². The van der Waals surface area contributed by atoms with E-state index >= 15 is 0 Å². The zero-order valence-electron chi connectivity index (χ0n) is 37.1. The molecule has 62 heavy (non-hydrogen) atoms. The van der Waals surface area contributed by atoms with Crippen LogP contribution < -0.4 is 21.3 Å². The Hall–Kier alpha value is -5.68.